The monoisotopic (exact) mass is 288 g/mol. The van der Waals surface area contributed by atoms with E-state index in [2.05, 4.69) is 6.92 Å². The molecule has 0 radical (unpaired) electrons. The summed E-state index contributed by atoms with van der Waals surface area (Å²) in [4.78, 5) is 21.8. The number of unbranched alkanes of at least 4 members (excludes halogenated alkanes) is 1. The van der Waals surface area contributed by atoms with Crippen LogP contribution in [0.15, 0.2) is 0 Å². The number of rotatable bonds is 7. The molecular weight excluding hydrogens is 256 g/mol. The third kappa shape index (κ3) is 15.0. The molecule has 0 aliphatic rings. The quantitative estimate of drug-likeness (QED) is 0.661. The van der Waals surface area contributed by atoms with E-state index in [-0.39, 0.29) is 30.1 Å². The molecule has 1 unspecified atom stereocenters. The Balaban J connectivity index is 0. The van der Waals surface area contributed by atoms with Gasteiger partial charge in [-0.1, -0.05) is 27.2 Å². The fourth-order valence-electron chi connectivity index (χ4n) is 1.16. The highest BCUT2D eigenvalue weighted by molar-refractivity contribution is 5.72. The van der Waals surface area contributed by atoms with Crippen molar-refractivity contribution in [1.29, 1.82) is 0 Å². The van der Waals surface area contributed by atoms with Crippen molar-refractivity contribution in [3.05, 3.63) is 0 Å². The fraction of sp³-hybridized carbons (Fsp3) is 0.875. The van der Waals surface area contributed by atoms with Gasteiger partial charge in [0.05, 0.1) is 18.1 Å². The number of ether oxygens (including phenoxy) is 2. The first-order valence-corrected chi connectivity index (χ1v) is 7.64. The van der Waals surface area contributed by atoms with Gasteiger partial charge in [0.25, 0.3) is 0 Å². The van der Waals surface area contributed by atoms with Crippen LogP contribution in [0.5, 0.6) is 0 Å². The van der Waals surface area contributed by atoms with Crippen molar-refractivity contribution in [2.24, 2.45) is 5.92 Å². The molecule has 1 atom stereocenters. The highest BCUT2D eigenvalue weighted by Gasteiger charge is 2.12. The molecule has 0 N–H and O–H groups in total. The van der Waals surface area contributed by atoms with Crippen molar-refractivity contribution in [3.63, 3.8) is 0 Å². The molecule has 0 amide bonds. The Morgan fingerprint density at radius 2 is 1.40 bits per heavy atom. The number of hydrogen-bond donors (Lipinski definition) is 0. The minimum atomic E-state index is -0.0856. The minimum absolute atomic E-state index is 0.0153. The van der Waals surface area contributed by atoms with Gasteiger partial charge in [-0.2, -0.15) is 0 Å². The van der Waals surface area contributed by atoms with Crippen molar-refractivity contribution in [2.75, 3.05) is 0 Å². The molecule has 0 spiro atoms. The van der Waals surface area contributed by atoms with Gasteiger partial charge in [-0.25, -0.2) is 0 Å². The number of esters is 2. The first-order valence-electron chi connectivity index (χ1n) is 7.64. The molecule has 20 heavy (non-hydrogen) atoms. The Morgan fingerprint density at radius 1 is 0.900 bits per heavy atom. The Kier molecular flexibility index (Phi) is 13.8. The lowest BCUT2D eigenvalue weighted by molar-refractivity contribution is -0.152. The van der Waals surface area contributed by atoms with Gasteiger partial charge < -0.3 is 9.47 Å². The summed E-state index contributed by atoms with van der Waals surface area (Å²) < 4.78 is 9.88. The van der Waals surface area contributed by atoms with Gasteiger partial charge in [0.15, 0.2) is 0 Å². The average Bonchev–Trinajstić information content (AvgIpc) is 2.34. The van der Waals surface area contributed by atoms with E-state index in [9.17, 15) is 9.59 Å². The third-order valence-corrected chi connectivity index (χ3v) is 2.47. The fourth-order valence-corrected chi connectivity index (χ4v) is 1.16. The standard InChI is InChI=1S/2C8H16O2/c1-5-7(4)8(9)10-6(2)3;1-4-5-6-8(9)10-7(2)3/h6-7H,5H2,1-4H3;7H,4-6H2,1-3H3. The molecule has 0 aromatic rings. The lowest BCUT2D eigenvalue weighted by Crippen LogP contribution is -2.18. The smallest absolute Gasteiger partial charge is 0.308 e. The summed E-state index contributed by atoms with van der Waals surface area (Å²) in [7, 11) is 0. The predicted molar refractivity (Wildman–Crippen MR) is 81.4 cm³/mol. The lowest BCUT2D eigenvalue weighted by Gasteiger charge is -2.11. The van der Waals surface area contributed by atoms with Crippen LogP contribution in [0.2, 0.25) is 0 Å². The molecule has 0 aliphatic heterocycles. The summed E-state index contributed by atoms with van der Waals surface area (Å²) in [5.74, 6) is -0.114. The first-order chi connectivity index (χ1) is 9.24. The van der Waals surface area contributed by atoms with Gasteiger partial charge in [-0.05, 0) is 40.5 Å². The average molecular weight is 288 g/mol. The molecule has 0 fully saturated rings. The van der Waals surface area contributed by atoms with Gasteiger partial charge >= 0.3 is 11.9 Å². The molecule has 4 nitrogen and oxygen atoms in total. The van der Waals surface area contributed by atoms with E-state index in [0.29, 0.717) is 6.42 Å². The van der Waals surface area contributed by atoms with E-state index in [1.165, 1.54) is 0 Å². The van der Waals surface area contributed by atoms with E-state index in [0.717, 1.165) is 19.3 Å². The van der Waals surface area contributed by atoms with Crippen LogP contribution < -0.4 is 0 Å². The maximum absolute atomic E-state index is 11.0. The minimum Gasteiger partial charge on any atom is -0.463 e. The summed E-state index contributed by atoms with van der Waals surface area (Å²) in [5.41, 5.74) is 0. The maximum atomic E-state index is 11.0. The maximum Gasteiger partial charge on any atom is 0.308 e. The Bertz CT molecular complexity index is 259. The van der Waals surface area contributed by atoms with Crippen molar-refractivity contribution >= 4 is 11.9 Å². The zero-order valence-corrected chi connectivity index (χ0v) is 14.2. The summed E-state index contributed by atoms with van der Waals surface area (Å²) in [5, 5.41) is 0. The zero-order valence-electron chi connectivity index (χ0n) is 14.2. The molecule has 120 valence electrons. The van der Waals surface area contributed by atoms with Crippen molar-refractivity contribution in [2.45, 2.75) is 86.4 Å². The van der Waals surface area contributed by atoms with E-state index < -0.39 is 0 Å². The van der Waals surface area contributed by atoms with Gasteiger partial charge in [0.2, 0.25) is 0 Å². The molecule has 0 rings (SSSR count). The van der Waals surface area contributed by atoms with Crippen LogP contribution in [0.4, 0.5) is 0 Å². The third-order valence-electron chi connectivity index (χ3n) is 2.47. The van der Waals surface area contributed by atoms with E-state index in [1.54, 1.807) is 0 Å². The van der Waals surface area contributed by atoms with Crippen LogP contribution in [0.25, 0.3) is 0 Å². The molecule has 0 aliphatic carbocycles. The van der Waals surface area contributed by atoms with Crippen LogP contribution in [0.1, 0.15) is 74.1 Å². The summed E-state index contributed by atoms with van der Waals surface area (Å²) in [6.07, 6.45) is 3.45. The molecule has 0 saturated heterocycles. The lowest BCUT2D eigenvalue weighted by atomic mass is 10.1. The SMILES string of the molecule is CCC(C)C(=O)OC(C)C.CCCCC(=O)OC(C)C. The van der Waals surface area contributed by atoms with Crippen molar-refractivity contribution in [1.82, 2.24) is 0 Å². The second-order valence-corrected chi connectivity index (χ2v) is 5.44. The normalized spacial score (nSPS) is 11.7. The van der Waals surface area contributed by atoms with Crippen LogP contribution in [0.3, 0.4) is 0 Å². The Morgan fingerprint density at radius 3 is 1.75 bits per heavy atom. The number of carbonyl (C=O) groups is 2. The van der Waals surface area contributed by atoms with Crippen LogP contribution in [-0.4, -0.2) is 24.1 Å². The summed E-state index contributed by atoms with van der Waals surface area (Å²) >= 11 is 0. The van der Waals surface area contributed by atoms with E-state index >= 15 is 0 Å². The second kappa shape index (κ2) is 12.9. The number of carbonyl (C=O) groups excluding carboxylic acids is 2. The molecule has 0 aromatic heterocycles. The Labute approximate surface area is 124 Å². The topological polar surface area (TPSA) is 52.6 Å². The highest BCUT2D eigenvalue weighted by Crippen LogP contribution is 2.04. The zero-order chi connectivity index (χ0) is 16.1. The van der Waals surface area contributed by atoms with Crippen molar-refractivity contribution < 1.29 is 19.1 Å². The van der Waals surface area contributed by atoms with Gasteiger partial charge in [0, 0.05) is 6.42 Å². The van der Waals surface area contributed by atoms with Gasteiger partial charge in [-0.15, -0.1) is 0 Å². The van der Waals surface area contributed by atoms with Crippen LogP contribution >= 0.6 is 0 Å². The van der Waals surface area contributed by atoms with E-state index in [4.69, 9.17) is 9.47 Å². The first kappa shape index (κ1) is 21.2. The predicted octanol–water partition coefficient (Wildman–Crippen LogP) is 4.11. The molecule has 0 aromatic carbocycles. The summed E-state index contributed by atoms with van der Waals surface area (Å²) in [6.45, 7) is 13.4. The number of hydrogen-bond acceptors (Lipinski definition) is 4. The molecule has 0 heterocycles. The van der Waals surface area contributed by atoms with E-state index in [1.807, 2.05) is 41.5 Å². The molecular formula is C16H32O4. The van der Waals surface area contributed by atoms with Crippen LogP contribution in [0, 0.1) is 5.92 Å². The van der Waals surface area contributed by atoms with Gasteiger partial charge in [0.1, 0.15) is 0 Å². The molecule has 4 heteroatoms. The second-order valence-electron chi connectivity index (χ2n) is 5.44. The Hall–Kier alpha value is -1.06. The highest BCUT2D eigenvalue weighted by atomic mass is 16.5. The largest absolute Gasteiger partial charge is 0.463 e. The van der Waals surface area contributed by atoms with Gasteiger partial charge in [-0.3, -0.25) is 9.59 Å². The molecule has 0 saturated carbocycles. The van der Waals surface area contributed by atoms with Crippen molar-refractivity contribution in [3.8, 4) is 0 Å². The van der Waals surface area contributed by atoms with Crippen LogP contribution in [-0.2, 0) is 19.1 Å². The summed E-state index contributed by atoms with van der Waals surface area (Å²) in [6, 6.07) is 0. The molecule has 0 bridgehead atoms.